The minimum absolute atomic E-state index is 0. The van der Waals surface area contributed by atoms with E-state index in [4.69, 9.17) is 0 Å². The van der Waals surface area contributed by atoms with E-state index in [9.17, 15) is 18.0 Å². The molecule has 0 radical (unpaired) electrons. The van der Waals surface area contributed by atoms with Crippen LogP contribution in [0.15, 0.2) is 24.3 Å². The molecule has 0 bridgehead atoms. The number of hydrogen-bond acceptors (Lipinski definition) is 1. The van der Waals surface area contributed by atoms with Crippen LogP contribution in [0.2, 0.25) is 0 Å². The largest absolute Gasteiger partial charge is 2.00 e. The van der Waals surface area contributed by atoms with Gasteiger partial charge in [0, 0.05) is 0 Å². The number of carbonyl (C=O) groups excluding carboxylic acids is 1. The second-order valence-corrected chi connectivity index (χ2v) is 6.16. The van der Waals surface area contributed by atoms with E-state index in [-0.39, 0.29) is 50.4 Å². The zero-order valence-electron chi connectivity index (χ0n) is 13.8. The minimum atomic E-state index is -4.53. The fraction of sp³-hybridized carbons (Fsp3) is 0.556. The van der Waals surface area contributed by atoms with Crippen molar-refractivity contribution in [2.75, 3.05) is 0 Å². The van der Waals surface area contributed by atoms with Crippen molar-refractivity contribution in [2.45, 2.75) is 57.7 Å². The van der Waals surface area contributed by atoms with Crippen LogP contribution >= 0.6 is 0 Å². The molecule has 6 heteroatoms. The molecular formula is C18H22F3NOU. The summed E-state index contributed by atoms with van der Waals surface area (Å²) in [7, 11) is 0. The van der Waals surface area contributed by atoms with Crippen LogP contribution in [0.25, 0.3) is 5.32 Å². The van der Waals surface area contributed by atoms with Gasteiger partial charge in [-0.05, 0) is 24.8 Å². The Morgan fingerprint density at radius 3 is 2.25 bits per heavy atom. The van der Waals surface area contributed by atoms with Gasteiger partial charge < -0.3 is 17.0 Å². The molecule has 0 spiro atoms. The third-order valence-electron chi connectivity index (χ3n) is 4.61. The van der Waals surface area contributed by atoms with Gasteiger partial charge in [0.15, 0.2) is 0 Å². The van der Waals surface area contributed by atoms with Crippen LogP contribution in [0.4, 0.5) is 13.2 Å². The van der Waals surface area contributed by atoms with Crippen molar-refractivity contribution in [1.29, 1.82) is 0 Å². The summed E-state index contributed by atoms with van der Waals surface area (Å²) in [6.45, 7) is 5.81. The van der Waals surface area contributed by atoms with Crippen molar-refractivity contribution < 1.29 is 49.1 Å². The summed E-state index contributed by atoms with van der Waals surface area (Å²) < 4.78 is 39.6. The molecule has 2 rings (SSSR count). The Morgan fingerprint density at radius 1 is 1.29 bits per heavy atom. The average Bonchev–Trinajstić information content (AvgIpc) is 2.43. The van der Waals surface area contributed by atoms with Crippen LogP contribution in [0.1, 0.15) is 56.2 Å². The number of rotatable bonds is 6. The van der Waals surface area contributed by atoms with Gasteiger partial charge in [-0.1, -0.05) is 49.6 Å². The Bertz CT molecular complexity index is 538. The zero-order valence-corrected chi connectivity index (χ0v) is 18.0. The molecule has 0 aromatic heterocycles. The molecule has 1 saturated carbocycles. The normalized spacial score (nSPS) is 17.4. The molecule has 1 aliphatic carbocycles. The van der Waals surface area contributed by atoms with E-state index in [2.05, 4.69) is 19.2 Å². The van der Waals surface area contributed by atoms with Gasteiger partial charge in [0.2, 0.25) is 0 Å². The summed E-state index contributed by atoms with van der Waals surface area (Å²) in [5.41, 5.74) is -0.358. The van der Waals surface area contributed by atoms with E-state index >= 15 is 0 Å². The molecule has 1 fully saturated rings. The molecular weight excluding hydrogens is 541 g/mol. The number of carbonyl (C=O) groups is 1. The van der Waals surface area contributed by atoms with E-state index in [0.29, 0.717) is 6.42 Å². The molecule has 0 unspecified atom stereocenters. The number of hydrogen-bond donors (Lipinski definition) is 0. The summed E-state index contributed by atoms with van der Waals surface area (Å²) in [5.74, 6) is -1.04. The smallest absolute Gasteiger partial charge is 0.648 e. The maximum atomic E-state index is 13.2. The number of aryl methyl sites for hydroxylation is 1. The molecule has 24 heavy (non-hydrogen) atoms. The first kappa shape index (κ1) is 21.6. The number of nitrogens with zero attached hydrogens (tertiary/aromatic N) is 1. The van der Waals surface area contributed by atoms with E-state index in [0.717, 1.165) is 24.0 Å². The van der Waals surface area contributed by atoms with Crippen molar-refractivity contribution in [1.82, 2.24) is 0 Å². The van der Waals surface area contributed by atoms with E-state index in [1.165, 1.54) is 0 Å². The Kier molecular flexibility index (Phi) is 7.88. The number of halogens is 3. The Labute approximate surface area is 165 Å². The van der Waals surface area contributed by atoms with Crippen molar-refractivity contribution in [3.05, 3.63) is 47.6 Å². The van der Waals surface area contributed by atoms with Gasteiger partial charge >= 0.3 is 37.3 Å². The van der Waals surface area contributed by atoms with Gasteiger partial charge in [-0.3, -0.25) is 0 Å². The van der Waals surface area contributed by atoms with Gasteiger partial charge in [-0.2, -0.15) is 19.6 Å². The molecule has 130 valence electrons. The minimum Gasteiger partial charge on any atom is -0.648 e. The number of benzene rings is 1. The van der Waals surface area contributed by atoms with Gasteiger partial charge in [0.25, 0.3) is 0 Å². The van der Waals surface area contributed by atoms with Crippen molar-refractivity contribution >= 4 is 5.91 Å². The first-order chi connectivity index (χ1) is 10.8. The van der Waals surface area contributed by atoms with Gasteiger partial charge in [-0.25, -0.2) is 0 Å². The molecule has 0 saturated heterocycles. The predicted octanol–water partition coefficient (Wildman–Crippen LogP) is 5.54. The Hall–Kier alpha value is -0.468. The molecule has 1 aliphatic rings. The first-order valence-electron chi connectivity index (χ1n) is 8.04. The standard InChI is InChI=1S/C18H23F3NO.U/c1-3-6-13-7-9-14(10-8-13)15(4-2)22-16(23)17(11-5-12-17)18(19,20)21;/h7-10,15H,2-6,11-12H2,1H3,(H,22,23);/q-1;+2/p-1/t15-;/m0./s1. The summed E-state index contributed by atoms with van der Waals surface area (Å²) in [6.07, 6.45) is -2.19. The first-order valence-corrected chi connectivity index (χ1v) is 8.04. The molecule has 0 N–H and O–H groups in total. The topological polar surface area (TPSA) is 31.2 Å². The van der Waals surface area contributed by atoms with Crippen molar-refractivity contribution in [3.63, 3.8) is 0 Å². The van der Waals surface area contributed by atoms with Crippen LogP contribution in [0.3, 0.4) is 0 Å². The molecule has 1 amide bonds. The fourth-order valence-corrected chi connectivity index (χ4v) is 2.91. The third-order valence-corrected chi connectivity index (χ3v) is 4.61. The third kappa shape index (κ3) is 4.38. The zero-order chi connectivity index (χ0) is 17.1. The molecule has 0 aliphatic heterocycles. The predicted molar refractivity (Wildman–Crippen MR) is 83.9 cm³/mol. The van der Waals surface area contributed by atoms with Crippen LogP contribution in [-0.4, -0.2) is 12.1 Å². The average molecular weight is 563 g/mol. The van der Waals surface area contributed by atoms with Crippen molar-refractivity contribution in [3.8, 4) is 0 Å². The fourth-order valence-electron chi connectivity index (χ4n) is 2.91. The second-order valence-electron chi connectivity index (χ2n) is 6.16. The van der Waals surface area contributed by atoms with Gasteiger partial charge in [0.05, 0.1) is 5.91 Å². The van der Waals surface area contributed by atoms with Crippen LogP contribution in [-0.2, 0) is 11.2 Å². The van der Waals surface area contributed by atoms with E-state index in [1.54, 1.807) is 0 Å². The Morgan fingerprint density at radius 2 is 1.88 bits per heavy atom. The number of alkyl halides is 3. The van der Waals surface area contributed by atoms with Crippen LogP contribution in [0, 0.1) is 43.5 Å². The van der Waals surface area contributed by atoms with Crippen LogP contribution < -0.4 is 0 Å². The van der Waals surface area contributed by atoms with E-state index < -0.39 is 23.5 Å². The molecule has 1 aromatic rings. The quantitative estimate of drug-likeness (QED) is 0.419. The van der Waals surface area contributed by atoms with E-state index in [1.807, 2.05) is 24.3 Å². The SMILES string of the molecule is [CH2-]C[C@H]([N-]C(=O)C1(C(F)(F)F)CCC1)c1ccc(CCC)cc1.[U+2]. The maximum absolute atomic E-state index is 13.2. The van der Waals surface area contributed by atoms with Crippen molar-refractivity contribution in [2.24, 2.45) is 5.41 Å². The van der Waals surface area contributed by atoms with Gasteiger partial charge in [-0.15, -0.1) is 6.04 Å². The van der Waals surface area contributed by atoms with Crippen LogP contribution in [0.5, 0.6) is 0 Å². The molecule has 1 atom stereocenters. The van der Waals surface area contributed by atoms with Gasteiger partial charge in [0.1, 0.15) is 5.41 Å². The maximum Gasteiger partial charge on any atom is 2.00 e. The number of amides is 1. The molecule has 0 heterocycles. The monoisotopic (exact) mass is 563 g/mol. The second kappa shape index (κ2) is 8.76. The Balaban J connectivity index is 0.00000288. The summed E-state index contributed by atoms with van der Waals surface area (Å²) in [6, 6.07) is 6.92. The summed E-state index contributed by atoms with van der Waals surface area (Å²) in [4.78, 5) is 12.2. The summed E-state index contributed by atoms with van der Waals surface area (Å²) in [5, 5.41) is 3.88. The molecule has 1 aromatic carbocycles. The summed E-state index contributed by atoms with van der Waals surface area (Å²) >= 11 is 0. The molecule has 2 nitrogen and oxygen atoms in total.